The van der Waals surface area contributed by atoms with Crippen molar-refractivity contribution >= 4 is 11.8 Å². The van der Waals surface area contributed by atoms with Gasteiger partial charge in [0.25, 0.3) is 5.91 Å². The molecule has 130 valence electrons. The zero-order valence-electron chi connectivity index (χ0n) is 13.9. The quantitative estimate of drug-likeness (QED) is 0.872. The van der Waals surface area contributed by atoms with Gasteiger partial charge in [-0.25, -0.2) is 0 Å². The average molecular weight is 331 g/mol. The zero-order chi connectivity index (χ0) is 16.9. The lowest BCUT2D eigenvalue weighted by Crippen LogP contribution is -2.55. The van der Waals surface area contributed by atoms with E-state index in [1.54, 1.807) is 29.4 Å². The second-order valence-corrected chi connectivity index (χ2v) is 6.87. The molecule has 2 fully saturated rings. The lowest BCUT2D eigenvalue weighted by Gasteiger charge is -2.36. The van der Waals surface area contributed by atoms with Crippen LogP contribution in [0.15, 0.2) is 24.5 Å². The Kier molecular flexibility index (Phi) is 5.45. The number of carbonyl (C=O) groups is 2. The maximum atomic E-state index is 12.4. The van der Waals surface area contributed by atoms with Crippen LogP contribution < -0.4 is 5.32 Å². The highest BCUT2D eigenvalue weighted by Gasteiger charge is 2.32. The van der Waals surface area contributed by atoms with Gasteiger partial charge in [-0.3, -0.25) is 14.6 Å². The topological polar surface area (TPSA) is 82.5 Å². The summed E-state index contributed by atoms with van der Waals surface area (Å²) < 4.78 is 0. The summed E-state index contributed by atoms with van der Waals surface area (Å²) in [5, 5.41) is 13.2. The van der Waals surface area contributed by atoms with Gasteiger partial charge in [0.05, 0.1) is 12.1 Å². The van der Waals surface area contributed by atoms with E-state index in [1.165, 1.54) is 12.8 Å². The van der Waals surface area contributed by atoms with Gasteiger partial charge in [-0.15, -0.1) is 0 Å². The van der Waals surface area contributed by atoms with Gasteiger partial charge in [0, 0.05) is 37.5 Å². The molecule has 2 amide bonds. The molecular weight excluding hydrogens is 306 g/mol. The van der Waals surface area contributed by atoms with Crippen LogP contribution in [0.5, 0.6) is 0 Å². The van der Waals surface area contributed by atoms with E-state index < -0.39 is 6.10 Å². The van der Waals surface area contributed by atoms with Crippen molar-refractivity contribution in [1.29, 1.82) is 0 Å². The Labute approximate surface area is 142 Å². The monoisotopic (exact) mass is 331 g/mol. The van der Waals surface area contributed by atoms with Gasteiger partial charge in [0.1, 0.15) is 0 Å². The summed E-state index contributed by atoms with van der Waals surface area (Å²) in [7, 11) is 0. The van der Waals surface area contributed by atoms with Crippen molar-refractivity contribution in [2.75, 3.05) is 13.1 Å². The number of nitrogens with one attached hydrogen (secondary N) is 1. The maximum Gasteiger partial charge on any atom is 0.251 e. The predicted molar refractivity (Wildman–Crippen MR) is 89.3 cm³/mol. The molecule has 1 saturated carbocycles. The van der Waals surface area contributed by atoms with Crippen LogP contribution in [0, 0.1) is 5.92 Å². The number of aromatic nitrogens is 1. The van der Waals surface area contributed by atoms with Gasteiger partial charge in [0.2, 0.25) is 5.91 Å². The van der Waals surface area contributed by atoms with Crippen molar-refractivity contribution in [3.8, 4) is 0 Å². The Balaban J connectivity index is 1.49. The molecule has 0 spiro atoms. The van der Waals surface area contributed by atoms with Gasteiger partial charge < -0.3 is 15.3 Å². The van der Waals surface area contributed by atoms with Gasteiger partial charge in [-0.05, 0) is 37.3 Å². The van der Waals surface area contributed by atoms with Crippen LogP contribution in [0.2, 0.25) is 0 Å². The summed E-state index contributed by atoms with van der Waals surface area (Å²) in [4.78, 5) is 30.2. The first kappa shape index (κ1) is 16.9. The van der Waals surface area contributed by atoms with Crippen LogP contribution in [0.25, 0.3) is 0 Å². The number of nitrogens with zero attached hydrogens (tertiary/aromatic N) is 2. The number of aliphatic hydroxyl groups excluding tert-OH is 1. The summed E-state index contributed by atoms with van der Waals surface area (Å²) in [5.74, 6) is 0.436. The molecule has 1 saturated heterocycles. The third kappa shape index (κ3) is 4.12. The molecule has 0 unspecified atom stereocenters. The third-order valence-electron chi connectivity index (χ3n) is 5.13. The Morgan fingerprint density at radius 3 is 2.58 bits per heavy atom. The summed E-state index contributed by atoms with van der Waals surface area (Å²) in [6, 6.07) is 2.96. The maximum absolute atomic E-state index is 12.4. The van der Waals surface area contributed by atoms with Gasteiger partial charge >= 0.3 is 0 Å². The number of aliphatic hydroxyl groups is 1. The van der Waals surface area contributed by atoms with Crippen molar-refractivity contribution < 1.29 is 14.7 Å². The van der Waals surface area contributed by atoms with Crippen LogP contribution in [-0.4, -0.2) is 52.0 Å². The minimum atomic E-state index is -0.725. The molecule has 3 rings (SSSR count). The van der Waals surface area contributed by atoms with Crippen LogP contribution in [0.4, 0.5) is 0 Å². The number of hydrogen-bond donors (Lipinski definition) is 2. The summed E-state index contributed by atoms with van der Waals surface area (Å²) in [6.07, 6.45) is 8.32. The van der Waals surface area contributed by atoms with Crippen molar-refractivity contribution in [2.24, 2.45) is 5.92 Å². The van der Waals surface area contributed by atoms with Crippen molar-refractivity contribution in [3.63, 3.8) is 0 Å². The summed E-state index contributed by atoms with van der Waals surface area (Å²) in [5.41, 5.74) is 0.525. The zero-order valence-corrected chi connectivity index (χ0v) is 13.9. The van der Waals surface area contributed by atoms with Crippen molar-refractivity contribution in [1.82, 2.24) is 15.2 Å². The molecule has 2 heterocycles. The van der Waals surface area contributed by atoms with E-state index >= 15 is 0 Å². The molecule has 1 aliphatic heterocycles. The van der Waals surface area contributed by atoms with E-state index in [1.807, 2.05) is 0 Å². The molecule has 1 aliphatic carbocycles. The molecule has 24 heavy (non-hydrogen) atoms. The molecule has 0 radical (unpaired) electrons. The number of piperidine rings is 1. The normalized spacial score (nSPS) is 24.8. The minimum absolute atomic E-state index is 0.139. The molecule has 2 aliphatic rings. The molecule has 1 aromatic heterocycles. The molecule has 6 nitrogen and oxygen atoms in total. The number of hydrogen-bond acceptors (Lipinski definition) is 4. The Hall–Kier alpha value is -1.95. The highest BCUT2D eigenvalue weighted by atomic mass is 16.3. The van der Waals surface area contributed by atoms with Crippen LogP contribution >= 0.6 is 0 Å². The third-order valence-corrected chi connectivity index (χ3v) is 5.13. The van der Waals surface area contributed by atoms with Crippen LogP contribution in [0.3, 0.4) is 0 Å². The molecule has 2 atom stereocenters. The molecule has 2 N–H and O–H groups in total. The van der Waals surface area contributed by atoms with E-state index in [0.717, 1.165) is 12.8 Å². The highest BCUT2D eigenvalue weighted by Crippen LogP contribution is 2.28. The van der Waals surface area contributed by atoms with Crippen molar-refractivity contribution in [3.05, 3.63) is 30.1 Å². The van der Waals surface area contributed by atoms with Crippen LogP contribution in [0.1, 0.15) is 48.9 Å². The van der Waals surface area contributed by atoms with Gasteiger partial charge in [-0.1, -0.05) is 12.8 Å². The second kappa shape index (κ2) is 7.75. The van der Waals surface area contributed by atoms with Gasteiger partial charge in [-0.2, -0.15) is 0 Å². The first-order valence-electron chi connectivity index (χ1n) is 8.80. The number of likely N-dealkylation sites (tertiary alicyclic amines) is 1. The summed E-state index contributed by atoms with van der Waals surface area (Å²) >= 11 is 0. The Bertz CT molecular complexity index is 572. The first-order valence-corrected chi connectivity index (χ1v) is 8.80. The van der Waals surface area contributed by atoms with Gasteiger partial charge in [0.15, 0.2) is 0 Å². The fourth-order valence-electron chi connectivity index (χ4n) is 3.67. The van der Waals surface area contributed by atoms with E-state index in [4.69, 9.17) is 0 Å². The van der Waals surface area contributed by atoms with E-state index in [-0.39, 0.29) is 17.9 Å². The molecule has 0 aromatic carbocycles. The number of rotatable bonds is 4. The smallest absolute Gasteiger partial charge is 0.251 e. The van der Waals surface area contributed by atoms with E-state index in [0.29, 0.717) is 37.4 Å². The minimum Gasteiger partial charge on any atom is -0.389 e. The number of amides is 2. The number of β-amino-alcohol motifs (C(OH)–C–C–N with tert-alkyl or cyclic N) is 1. The molecular formula is C18H25N3O3. The largest absolute Gasteiger partial charge is 0.389 e. The standard InChI is InChI=1S/C18H25N3O3/c22-16-12-21(17(23)11-13-3-1-2-4-13)10-7-15(16)20-18(24)14-5-8-19-9-6-14/h5-6,8-9,13,15-16,22H,1-4,7,10-12H2,(H,20,24)/t15-,16-/m1/s1. The van der Waals surface area contributed by atoms with Crippen molar-refractivity contribution in [2.45, 2.75) is 50.7 Å². The lowest BCUT2D eigenvalue weighted by molar-refractivity contribution is -0.135. The predicted octanol–water partition coefficient (Wildman–Crippen LogP) is 1.35. The second-order valence-electron chi connectivity index (χ2n) is 6.87. The van der Waals surface area contributed by atoms with Crippen LogP contribution in [-0.2, 0) is 4.79 Å². The lowest BCUT2D eigenvalue weighted by atomic mass is 9.98. The Morgan fingerprint density at radius 1 is 1.21 bits per heavy atom. The fraction of sp³-hybridized carbons (Fsp3) is 0.611. The Morgan fingerprint density at radius 2 is 1.92 bits per heavy atom. The first-order chi connectivity index (χ1) is 11.6. The van der Waals surface area contributed by atoms with E-state index in [2.05, 4.69) is 10.3 Å². The summed E-state index contributed by atoms with van der Waals surface area (Å²) in [6.45, 7) is 0.886. The molecule has 0 bridgehead atoms. The number of pyridine rings is 1. The molecule has 1 aromatic rings. The fourth-order valence-corrected chi connectivity index (χ4v) is 3.67. The van der Waals surface area contributed by atoms with E-state index in [9.17, 15) is 14.7 Å². The number of carbonyl (C=O) groups excluding carboxylic acids is 2. The average Bonchev–Trinajstić information content (AvgIpc) is 3.10. The highest BCUT2D eigenvalue weighted by molar-refractivity contribution is 5.94. The SMILES string of the molecule is O=C(N[C@@H]1CCN(C(=O)CC2CCCC2)C[C@H]1O)c1ccncc1. The molecule has 6 heteroatoms.